The molecule has 0 N–H and O–H groups in total. The Morgan fingerprint density at radius 3 is 1.71 bits per heavy atom. The van der Waals surface area contributed by atoms with Crippen LogP contribution in [0.15, 0.2) is 18.2 Å². The van der Waals surface area contributed by atoms with E-state index in [0.29, 0.717) is 5.16 Å². The van der Waals surface area contributed by atoms with Gasteiger partial charge in [0.1, 0.15) is 0 Å². The van der Waals surface area contributed by atoms with E-state index in [1.807, 2.05) is 12.2 Å². The number of allylic oxidation sites excluding steroid dienone is 4. The second-order valence-corrected chi connectivity index (χ2v) is 5.10. The zero-order valence-electron chi connectivity index (χ0n) is 9.04. The molecule has 0 aromatic rings. The third kappa shape index (κ3) is 51.7. The SMILES string of the molecule is CC(C)(C)P.Cl.Cl.[C-]1=CC=CC1.[CH2]=[Ti+]. The van der Waals surface area contributed by atoms with Crippen molar-refractivity contribution < 1.29 is 20.0 Å². The third-order valence-electron chi connectivity index (χ3n) is 0.586. The Labute approximate surface area is 115 Å². The molecule has 1 aliphatic carbocycles. The monoisotopic (exact) mass is 289 g/mol. The summed E-state index contributed by atoms with van der Waals surface area (Å²) in [5, 5.41) is 0.417. The number of rotatable bonds is 0. The first-order valence-electron chi connectivity index (χ1n) is 3.86. The van der Waals surface area contributed by atoms with E-state index in [4.69, 9.17) is 0 Å². The zero-order valence-corrected chi connectivity index (χ0v) is 13.4. The molecule has 4 heteroatoms. The number of hydrogen-bond acceptors (Lipinski definition) is 0. The standard InChI is InChI=1S/C5H5.C4H11P.CH2.2ClH.Ti/c1-2-4-5-3-1;1-4(2,3)5;;;;/h1-3H,4H2;5H2,1-3H3;1H2;2*1H;/q-1;;;;;+1. The van der Waals surface area contributed by atoms with Crippen LogP contribution in [0.3, 0.4) is 0 Å². The predicted octanol–water partition coefficient (Wildman–Crippen LogP) is 3.77. The van der Waals surface area contributed by atoms with E-state index in [2.05, 4.69) is 47.0 Å². The van der Waals surface area contributed by atoms with Crippen molar-refractivity contribution >= 4 is 38.9 Å². The van der Waals surface area contributed by atoms with Crippen molar-refractivity contribution in [2.24, 2.45) is 0 Å². The van der Waals surface area contributed by atoms with Gasteiger partial charge in [0.05, 0.1) is 0 Å². The summed E-state index contributed by atoms with van der Waals surface area (Å²) in [6.45, 7) is 6.45. The van der Waals surface area contributed by atoms with Gasteiger partial charge < -0.3 is 0 Å². The predicted molar refractivity (Wildman–Crippen MR) is 72.7 cm³/mol. The average molecular weight is 290 g/mol. The quantitative estimate of drug-likeness (QED) is 0.362. The van der Waals surface area contributed by atoms with Gasteiger partial charge in [-0.3, -0.25) is 6.08 Å². The minimum atomic E-state index is 0. The molecule has 0 spiro atoms. The van der Waals surface area contributed by atoms with Crippen LogP contribution in [0, 0.1) is 6.08 Å². The molecule has 1 rings (SSSR count). The van der Waals surface area contributed by atoms with Crippen molar-refractivity contribution in [3.8, 4) is 0 Å². The van der Waals surface area contributed by atoms with Crippen LogP contribution in [0.4, 0.5) is 0 Å². The summed E-state index contributed by atoms with van der Waals surface area (Å²) in [6, 6.07) is 0. The second kappa shape index (κ2) is 16.5. The van der Waals surface area contributed by atoms with Crippen LogP contribution < -0.4 is 0 Å². The van der Waals surface area contributed by atoms with Crippen molar-refractivity contribution in [3.05, 3.63) is 24.3 Å². The zero-order chi connectivity index (χ0) is 10.0. The molecule has 0 saturated carbocycles. The Balaban J connectivity index is -0.0000000542. The normalized spacial score (nSPS) is 11.0. The molecule has 0 radical (unpaired) electrons. The van der Waals surface area contributed by atoms with Crippen LogP contribution in [-0.2, 0) is 20.0 Å². The minimum absolute atomic E-state index is 0. The van der Waals surface area contributed by atoms with Gasteiger partial charge in [-0.1, -0.05) is 20.8 Å². The molecule has 1 unspecified atom stereocenters. The van der Waals surface area contributed by atoms with Crippen LogP contribution in [0.2, 0.25) is 0 Å². The van der Waals surface area contributed by atoms with Gasteiger partial charge in [-0.2, -0.15) is 6.08 Å². The summed E-state index contributed by atoms with van der Waals surface area (Å²) in [5.41, 5.74) is 0. The van der Waals surface area contributed by atoms with E-state index in [-0.39, 0.29) is 24.8 Å². The molecule has 14 heavy (non-hydrogen) atoms. The Kier molecular flexibility index (Phi) is 28.7. The fourth-order valence-electron chi connectivity index (χ4n) is 0.340. The maximum atomic E-state index is 3.25. The molecular formula is C10H20Cl2PTi. The van der Waals surface area contributed by atoms with E-state index >= 15 is 0 Å². The number of hydrogen-bond donors (Lipinski definition) is 0. The van der Waals surface area contributed by atoms with Gasteiger partial charge in [-0.05, 0) is 5.16 Å². The van der Waals surface area contributed by atoms with Crippen LogP contribution >= 0.6 is 34.1 Å². The summed E-state index contributed by atoms with van der Waals surface area (Å²) in [6.07, 6.45) is 10.0. The number of halogens is 2. The molecule has 0 aliphatic heterocycles. The molecule has 0 aromatic carbocycles. The Morgan fingerprint density at radius 2 is 1.64 bits per heavy atom. The van der Waals surface area contributed by atoms with Crippen LogP contribution in [0.1, 0.15) is 27.2 Å². The van der Waals surface area contributed by atoms with Gasteiger partial charge in [-0.25, -0.2) is 12.2 Å². The third-order valence-corrected chi connectivity index (χ3v) is 0.586. The molecule has 0 fully saturated rings. The van der Waals surface area contributed by atoms with Crippen molar-refractivity contribution in [1.29, 1.82) is 0 Å². The van der Waals surface area contributed by atoms with Gasteiger partial charge >= 0.3 is 24.8 Å². The van der Waals surface area contributed by atoms with Gasteiger partial charge in [0.15, 0.2) is 0 Å². The first-order chi connectivity index (χ1) is 5.50. The first-order valence-corrected chi connectivity index (χ1v) is 5.54. The molecule has 83 valence electrons. The van der Waals surface area contributed by atoms with Crippen LogP contribution in [-0.4, -0.2) is 9.97 Å². The van der Waals surface area contributed by atoms with E-state index in [1.165, 1.54) is 0 Å². The summed E-state index contributed by atoms with van der Waals surface area (Å²) >= 11 is 1.75. The summed E-state index contributed by atoms with van der Waals surface area (Å²) in [5.74, 6) is 0. The van der Waals surface area contributed by atoms with Crippen molar-refractivity contribution in [3.63, 3.8) is 0 Å². The molecule has 0 nitrogen and oxygen atoms in total. The fourth-order valence-corrected chi connectivity index (χ4v) is 0.340. The van der Waals surface area contributed by atoms with Gasteiger partial charge in [0.2, 0.25) is 0 Å². The van der Waals surface area contributed by atoms with E-state index in [9.17, 15) is 0 Å². The molecule has 1 atom stereocenters. The van der Waals surface area contributed by atoms with E-state index < -0.39 is 0 Å². The molecule has 0 saturated heterocycles. The second-order valence-electron chi connectivity index (χ2n) is 3.37. The van der Waals surface area contributed by atoms with Crippen molar-refractivity contribution in [2.45, 2.75) is 32.3 Å². The van der Waals surface area contributed by atoms with E-state index in [1.54, 1.807) is 20.0 Å². The summed E-state index contributed by atoms with van der Waals surface area (Å²) < 4.78 is 0. The summed E-state index contributed by atoms with van der Waals surface area (Å²) in [4.78, 5) is 3.25. The van der Waals surface area contributed by atoms with Crippen molar-refractivity contribution in [2.75, 3.05) is 0 Å². The fraction of sp³-hybridized carbons (Fsp3) is 0.500. The van der Waals surface area contributed by atoms with E-state index in [0.717, 1.165) is 6.42 Å². The topological polar surface area (TPSA) is 0 Å². The summed E-state index contributed by atoms with van der Waals surface area (Å²) in [7, 11) is 2.72. The molecule has 0 bridgehead atoms. The molecule has 1 aliphatic rings. The molecule has 0 heterocycles. The van der Waals surface area contributed by atoms with Crippen LogP contribution in [0.25, 0.3) is 0 Å². The molecule has 0 amide bonds. The van der Waals surface area contributed by atoms with Gasteiger partial charge in [0.25, 0.3) is 0 Å². The van der Waals surface area contributed by atoms with Crippen molar-refractivity contribution in [1.82, 2.24) is 0 Å². The Hall–Kier alpha value is 1.07. The van der Waals surface area contributed by atoms with Gasteiger partial charge in [0, 0.05) is 0 Å². The maximum absolute atomic E-state index is 3.25. The molecule has 0 aromatic heterocycles. The van der Waals surface area contributed by atoms with Crippen LogP contribution in [0.5, 0.6) is 0 Å². The Bertz CT molecular complexity index is 135. The molecular weight excluding hydrogens is 270 g/mol. The average Bonchev–Trinajstić information content (AvgIpc) is 2.41. The Morgan fingerprint density at radius 1 is 1.29 bits per heavy atom. The van der Waals surface area contributed by atoms with Gasteiger partial charge in [-0.15, -0.1) is 40.5 Å². The first kappa shape index (κ1) is 24.3.